The summed E-state index contributed by atoms with van der Waals surface area (Å²) < 4.78 is 7.20. The maximum Gasteiger partial charge on any atom is 0.338 e. The number of amides is 1. The zero-order chi connectivity index (χ0) is 24.0. The summed E-state index contributed by atoms with van der Waals surface area (Å²) in [5.41, 5.74) is 2.50. The van der Waals surface area contributed by atoms with E-state index in [1.54, 1.807) is 18.7 Å². The molecule has 2 aliphatic heterocycles. The van der Waals surface area contributed by atoms with Crippen LogP contribution in [0, 0.1) is 0 Å². The van der Waals surface area contributed by atoms with E-state index in [0.717, 1.165) is 22.5 Å². The third-order valence-corrected chi connectivity index (χ3v) is 7.88. The van der Waals surface area contributed by atoms with Gasteiger partial charge in [0.1, 0.15) is 10.6 Å². The molecule has 5 rings (SSSR count). The molecule has 0 spiro atoms. The van der Waals surface area contributed by atoms with E-state index in [1.807, 2.05) is 48.7 Å². The summed E-state index contributed by atoms with van der Waals surface area (Å²) in [6.07, 6.45) is 0.801. The maximum atomic E-state index is 13.9. The highest BCUT2D eigenvalue weighted by molar-refractivity contribution is 7.10. The molecule has 0 fully saturated rings. The van der Waals surface area contributed by atoms with Gasteiger partial charge in [-0.15, -0.1) is 11.3 Å². The Morgan fingerprint density at radius 2 is 1.94 bits per heavy atom. The summed E-state index contributed by atoms with van der Waals surface area (Å²) in [7, 11) is 0. The molecule has 1 aromatic carbocycles. The Morgan fingerprint density at radius 3 is 2.65 bits per heavy atom. The molecule has 4 heterocycles. The zero-order valence-electron chi connectivity index (χ0n) is 19.0. The number of carbonyl (C=O) groups is 2. The molecule has 0 saturated carbocycles. The van der Waals surface area contributed by atoms with Crippen molar-refractivity contribution in [1.29, 1.82) is 0 Å². The molecule has 1 amide bonds. The van der Waals surface area contributed by atoms with Crippen LogP contribution in [-0.2, 0) is 14.3 Å². The number of benzene rings is 1. The quantitative estimate of drug-likeness (QED) is 0.512. The molecule has 0 bridgehead atoms. The third-order valence-electron chi connectivity index (χ3n) is 5.90. The Kier molecular flexibility index (Phi) is 5.83. The SMILES string of the molecule is CCCN1C(=O)/C(=c2\sc3n(c2=O)[C@H](c2cccs2)C(C(=O)OCC)=C(C)N=3)c2ccccc21. The van der Waals surface area contributed by atoms with Crippen molar-refractivity contribution >= 4 is 45.8 Å². The van der Waals surface area contributed by atoms with E-state index >= 15 is 0 Å². The summed E-state index contributed by atoms with van der Waals surface area (Å²) in [6.45, 7) is 6.31. The number of anilines is 1. The van der Waals surface area contributed by atoms with E-state index in [0.29, 0.717) is 32.7 Å². The van der Waals surface area contributed by atoms with E-state index in [-0.39, 0.29) is 18.1 Å². The minimum Gasteiger partial charge on any atom is -0.463 e. The largest absolute Gasteiger partial charge is 0.463 e. The highest BCUT2D eigenvalue weighted by atomic mass is 32.1. The van der Waals surface area contributed by atoms with Crippen molar-refractivity contribution in [3.05, 3.63) is 83.2 Å². The molecule has 174 valence electrons. The number of para-hydroxylation sites is 1. The average molecular weight is 494 g/mol. The Hall–Kier alpha value is -3.30. The standard InChI is InChI=1S/C25H23N3O4S2/c1-4-12-27-16-10-7-6-9-15(16)19(22(27)29)21-23(30)28-20(17-11-8-13-33-17)18(24(31)32-5-2)14(3)26-25(28)34-21/h6-11,13,20H,4-5,12H2,1-3H3/b21-19-/t20-/m1/s1. The molecular formula is C25H23N3O4S2. The zero-order valence-corrected chi connectivity index (χ0v) is 20.7. The van der Waals surface area contributed by atoms with Crippen LogP contribution in [0.3, 0.4) is 0 Å². The molecule has 2 aliphatic rings. The number of ether oxygens (including phenoxy) is 1. The molecule has 0 radical (unpaired) electrons. The first-order valence-corrected chi connectivity index (χ1v) is 12.8. The van der Waals surface area contributed by atoms with Crippen LogP contribution in [0.2, 0.25) is 0 Å². The van der Waals surface area contributed by atoms with Crippen molar-refractivity contribution in [1.82, 2.24) is 4.57 Å². The third kappa shape index (κ3) is 3.38. The molecule has 1 atom stereocenters. The number of nitrogens with zero attached hydrogens (tertiary/aromatic N) is 3. The van der Waals surface area contributed by atoms with E-state index in [1.165, 1.54) is 27.2 Å². The molecule has 2 aromatic heterocycles. The van der Waals surface area contributed by atoms with Gasteiger partial charge in [-0.25, -0.2) is 9.79 Å². The molecule has 0 aliphatic carbocycles. The second-order valence-corrected chi connectivity index (χ2v) is 9.94. The molecule has 7 nitrogen and oxygen atoms in total. The number of thiophene rings is 1. The lowest BCUT2D eigenvalue weighted by Gasteiger charge is -2.23. The number of esters is 1. The van der Waals surface area contributed by atoms with Crippen LogP contribution in [0.1, 0.15) is 43.7 Å². The number of hydrogen-bond acceptors (Lipinski definition) is 7. The number of hydrogen-bond donors (Lipinski definition) is 0. The lowest BCUT2D eigenvalue weighted by atomic mass is 10.0. The molecule has 34 heavy (non-hydrogen) atoms. The number of aromatic nitrogens is 1. The van der Waals surface area contributed by atoms with Crippen LogP contribution in [-0.4, -0.2) is 29.6 Å². The number of carbonyl (C=O) groups excluding carboxylic acids is 2. The average Bonchev–Trinajstić information content (AvgIpc) is 3.52. The Morgan fingerprint density at radius 1 is 1.15 bits per heavy atom. The van der Waals surface area contributed by atoms with E-state index in [2.05, 4.69) is 4.99 Å². The van der Waals surface area contributed by atoms with E-state index in [4.69, 9.17) is 4.74 Å². The predicted molar refractivity (Wildman–Crippen MR) is 133 cm³/mol. The monoisotopic (exact) mass is 493 g/mol. The van der Waals surface area contributed by atoms with E-state index < -0.39 is 12.0 Å². The van der Waals surface area contributed by atoms with Crippen molar-refractivity contribution in [3.8, 4) is 0 Å². The smallest absolute Gasteiger partial charge is 0.338 e. The number of fused-ring (bicyclic) bond motifs is 2. The van der Waals surface area contributed by atoms with Crippen molar-refractivity contribution in [3.63, 3.8) is 0 Å². The van der Waals surface area contributed by atoms with Crippen molar-refractivity contribution in [2.45, 2.75) is 33.2 Å². The van der Waals surface area contributed by atoms with Gasteiger partial charge in [-0.2, -0.15) is 0 Å². The Bertz CT molecular complexity index is 1510. The van der Waals surface area contributed by atoms with Gasteiger partial charge in [-0.05, 0) is 37.8 Å². The highest BCUT2D eigenvalue weighted by Crippen LogP contribution is 2.36. The van der Waals surface area contributed by atoms with Crippen LogP contribution in [0.4, 0.5) is 5.69 Å². The summed E-state index contributed by atoms with van der Waals surface area (Å²) in [4.78, 5) is 48.0. The number of rotatable bonds is 5. The van der Waals surface area contributed by atoms with Gasteiger partial charge in [0.05, 0.1) is 29.1 Å². The highest BCUT2D eigenvalue weighted by Gasteiger charge is 2.37. The second kappa shape index (κ2) is 8.81. The topological polar surface area (TPSA) is 81.0 Å². The Labute approximate surface area is 203 Å². The molecule has 3 aromatic rings. The van der Waals surface area contributed by atoms with Gasteiger partial charge in [0.2, 0.25) is 0 Å². The van der Waals surface area contributed by atoms with Crippen molar-refractivity contribution < 1.29 is 14.3 Å². The number of thiazole rings is 1. The van der Waals surface area contributed by atoms with Crippen LogP contribution >= 0.6 is 22.7 Å². The lowest BCUT2D eigenvalue weighted by molar-refractivity contribution is -0.139. The fourth-order valence-corrected chi connectivity index (χ4v) is 6.46. The van der Waals surface area contributed by atoms with Gasteiger partial charge in [-0.1, -0.05) is 42.5 Å². The van der Waals surface area contributed by atoms with Crippen LogP contribution in [0.15, 0.2) is 62.8 Å². The first-order chi connectivity index (χ1) is 16.5. The minimum absolute atomic E-state index is 0.178. The van der Waals surface area contributed by atoms with Crippen LogP contribution in [0.25, 0.3) is 5.57 Å². The maximum absolute atomic E-state index is 13.9. The Balaban J connectivity index is 1.80. The fourth-order valence-electron chi connectivity index (χ4n) is 4.50. The van der Waals surface area contributed by atoms with Crippen molar-refractivity contribution in [2.75, 3.05) is 18.1 Å². The molecular weight excluding hydrogens is 470 g/mol. The van der Waals surface area contributed by atoms with Gasteiger partial charge in [0, 0.05) is 17.0 Å². The minimum atomic E-state index is -0.650. The fraction of sp³-hybridized carbons (Fsp3) is 0.280. The van der Waals surface area contributed by atoms with Crippen molar-refractivity contribution in [2.24, 2.45) is 4.99 Å². The second-order valence-electron chi connectivity index (χ2n) is 7.99. The molecule has 0 unspecified atom stereocenters. The van der Waals surface area contributed by atoms with Gasteiger partial charge in [0.25, 0.3) is 11.5 Å². The van der Waals surface area contributed by atoms with Gasteiger partial charge < -0.3 is 9.64 Å². The summed E-state index contributed by atoms with van der Waals surface area (Å²) in [5, 5.41) is 1.91. The first-order valence-electron chi connectivity index (χ1n) is 11.1. The van der Waals surface area contributed by atoms with Crippen LogP contribution < -0.4 is 19.8 Å². The summed E-state index contributed by atoms with van der Waals surface area (Å²) >= 11 is 2.66. The normalized spacial score (nSPS) is 18.6. The van der Waals surface area contributed by atoms with Gasteiger partial charge in [0.15, 0.2) is 4.80 Å². The summed E-state index contributed by atoms with van der Waals surface area (Å²) in [6, 6.07) is 10.7. The van der Waals surface area contributed by atoms with Crippen LogP contribution in [0.5, 0.6) is 0 Å². The van der Waals surface area contributed by atoms with E-state index in [9.17, 15) is 14.4 Å². The summed E-state index contributed by atoms with van der Waals surface area (Å²) in [5.74, 6) is -0.668. The molecule has 0 saturated heterocycles. The van der Waals surface area contributed by atoms with Gasteiger partial charge >= 0.3 is 5.97 Å². The number of allylic oxidation sites excluding steroid dienone is 1. The lowest BCUT2D eigenvalue weighted by Crippen LogP contribution is -2.40. The predicted octanol–water partition coefficient (Wildman–Crippen LogP) is 2.99. The molecule has 9 heteroatoms. The first kappa shape index (κ1) is 22.5. The van der Waals surface area contributed by atoms with Gasteiger partial charge in [-0.3, -0.25) is 14.2 Å². The molecule has 0 N–H and O–H groups in total.